The molecule has 2 aromatic rings. The van der Waals surface area contributed by atoms with Gasteiger partial charge < -0.3 is 15.1 Å². The summed E-state index contributed by atoms with van der Waals surface area (Å²) in [5.41, 5.74) is -0.804. The first-order chi connectivity index (χ1) is 12.9. The second-order valence-electron chi connectivity index (χ2n) is 8.25. The van der Waals surface area contributed by atoms with E-state index in [2.05, 4.69) is 25.8 Å². The maximum Gasteiger partial charge on any atom is 0.268 e. The summed E-state index contributed by atoms with van der Waals surface area (Å²) >= 11 is 0. The fraction of sp³-hybridized carbons (Fsp3) is 0.556. The van der Waals surface area contributed by atoms with Crippen LogP contribution >= 0.6 is 0 Å². The van der Waals surface area contributed by atoms with Crippen LogP contribution in [0.2, 0.25) is 0 Å². The number of pyridine rings is 1. The van der Waals surface area contributed by atoms with Gasteiger partial charge in [0.05, 0.1) is 5.69 Å². The van der Waals surface area contributed by atoms with Gasteiger partial charge in [0.25, 0.3) is 5.89 Å². The summed E-state index contributed by atoms with van der Waals surface area (Å²) in [5.74, 6) is 0.332. The molecule has 1 atom stereocenters. The maximum atomic E-state index is 13.1. The van der Waals surface area contributed by atoms with Gasteiger partial charge in [-0.2, -0.15) is 0 Å². The molecule has 9 heteroatoms. The van der Waals surface area contributed by atoms with Crippen molar-refractivity contribution in [2.24, 2.45) is 5.41 Å². The van der Waals surface area contributed by atoms with E-state index in [1.165, 1.54) is 0 Å². The van der Waals surface area contributed by atoms with Crippen molar-refractivity contribution in [2.75, 3.05) is 11.9 Å². The third-order valence-corrected chi connectivity index (χ3v) is 6.25. The van der Waals surface area contributed by atoms with E-state index in [1.807, 2.05) is 6.07 Å². The molecule has 1 saturated heterocycles. The van der Waals surface area contributed by atoms with Crippen molar-refractivity contribution < 1.29 is 18.0 Å². The SMILES string of the molecule is CC1(c2nnc(-c3ncccc3NC34CC(C(F)F)(C3)C4)o2)CCNC1=O. The molecule has 0 radical (unpaired) electrons. The molecule has 142 valence electrons. The van der Waals surface area contributed by atoms with Crippen molar-refractivity contribution >= 4 is 11.6 Å². The normalized spacial score (nSPS) is 34.1. The number of carbonyl (C=O) groups excluding carboxylic acids is 1. The summed E-state index contributed by atoms with van der Waals surface area (Å²) < 4.78 is 31.9. The number of carbonyl (C=O) groups is 1. The summed E-state index contributed by atoms with van der Waals surface area (Å²) in [4.78, 5) is 16.4. The van der Waals surface area contributed by atoms with Gasteiger partial charge in [-0.3, -0.25) is 4.79 Å². The smallest absolute Gasteiger partial charge is 0.268 e. The van der Waals surface area contributed by atoms with E-state index in [1.54, 1.807) is 19.2 Å². The fourth-order valence-electron chi connectivity index (χ4n) is 4.67. The zero-order valence-electron chi connectivity index (χ0n) is 14.8. The van der Waals surface area contributed by atoms with Crippen molar-refractivity contribution in [3.8, 4) is 11.6 Å². The van der Waals surface area contributed by atoms with Crippen LogP contribution in [0, 0.1) is 5.41 Å². The minimum atomic E-state index is -2.27. The van der Waals surface area contributed by atoms with Crippen LogP contribution in [-0.4, -0.2) is 39.6 Å². The number of rotatable bonds is 5. The molecule has 7 nitrogen and oxygen atoms in total. The number of hydrogen-bond acceptors (Lipinski definition) is 6. The number of aromatic nitrogens is 3. The lowest BCUT2D eigenvalue weighted by Gasteiger charge is -2.70. The molecule has 4 fully saturated rings. The molecule has 1 amide bonds. The second kappa shape index (κ2) is 5.24. The van der Waals surface area contributed by atoms with E-state index < -0.39 is 17.3 Å². The zero-order chi connectivity index (χ0) is 18.9. The predicted octanol–water partition coefficient (Wildman–Crippen LogP) is 2.51. The monoisotopic (exact) mass is 375 g/mol. The molecule has 0 aromatic carbocycles. The van der Waals surface area contributed by atoms with Crippen LogP contribution in [0.5, 0.6) is 0 Å². The molecular weight excluding hydrogens is 356 g/mol. The van der Waals surface area contributed by atoms with Crippen LogP contribution in [0.3, 0.4) is 0 Å². The van der Waals surface area contributed by atoms with Gasteiger partial charge >= 0.3 is 0 Å². The molecule has 6 rings (SSSR count). The largest absolute Gasteiger partial charge is 0.418 e. The first kappa shape index (κ1) is 16.6. The highest BCUT2D eigenvalue weighted by Gasteiger charge is 2.72. The minimum absolute atomic E-state index is 0.136. The Kier molecular flexibility index (Phi) is 3.22. The molecule has 3 heterocycles. The van der Waals surface area contributed by atoms with E-state index in [0.29, 0.717) is 43.6 Å². The van der Waals surface area contributed by atoms with Crippen LogP contribution in [0.25, 0.3) is 11.6 Å². The summed E-state index contributed by atoms with van der Waals surface area (Å²) in [7, 11) is 0. The number of alkyl halides is 2. The Hall–Kier alpha value is -2.58. The van der Waals surface area contributed by atoms with Crippen LogP contribution in [-0.2, 0) is 10.2 Å². The highest BCUT2D eigenvalue weighted by molar-refractivity contribution is 5.88. The second-order valence-corrected chi connectivity index (χ2v) is 8.25. The molecule has 3 aliphatic carbocycles. The highest BCUT2D eigenvalue weighted by atomic mass is 19.3. The summed E-state index contributed by atoms with van der Waals surface area (Å²) in [5, 5.41) is 14.3. The number of halogens is 2. The zero-order valence-corrected chi connectivity index (χ0v) is 14.8. The van der Waals surface area contributed by atoms with E-state index >= 15 is 0 Å². The lowest BCUT2D eigenvalue weighted by Crippen LogP contribution is -2.73. The average molecular weight is 375 g/mol. The van der Waals surface area contributed by atoms with E-state index in [4.69, 9.17) is 4.42 Å². The van der Waals surface area contributed by atoms with E-state index in [0.717, 1.165) is 0 Å². The number of nitrogens with one attached hydrogen (secondary N) is 2. The van der Waals surface area contributed by atoms with Crippen molar-refractivity contribution in [1.29, 1.82) is 0 Å². The average Bonchev–Trinajstić information content (AvgIpc) is 3.18. The van der Waals surface area contributed by atoms with Crippen molar-refractivity contribution in [3.63, 3.8) is 0 Å². The first-order valence-electron chi connectivity index (χ1n) is 9.00. The predicted molar refractivity (Wildman–Crippen MR) is 91.1 cm³/mol. The molecule has 2 N–H and O–H groups in total. The van der Waals surface area contributed by atoms with E-state index in [-0.39, 0.29) is 23.2 Å². The topological polar surface area (TPSA) is 92.9 Å². The molecule has 1 aliphatic heterocycles. The number of nitrogens with zero attached hydrogens (tertiary/aromatic N) is 3. The molecule has 2 bridgehead atoms. The third kappa shape index (κ3) is 2.23. The van der Waals surface area contributed by atoms with Gasteiger partial charge in [0, 0.05) is 23.7 Å². The van der Waals surface area contributed by atoms with Crippen LogP contribution in [0.15, 0.2) is 22.7 Å². The minimum Gasteiger partial charge on any atom is -0.418 e. The van der Waals surface area contributed by atoms with Crippen molar-refractivity contribution in [3.05, 3.63) is 24.2 Å². The van der Waals surface area contributed by atoms with E-state index in [9.17, 15) is 13.6 Å². The van der Waals surface area contributed by atoms with Crippen LogP contribution < -0.4 is 10.6 Å². The summed E-state index contributed by atoms with van der Waals surface area (Å²) in [6, 6.07) is 3.59. The molecule has 3 saturated carbocycles. The van der Waals surface area contributed by atoms with Gasteiger partial charge in [0.2, 0.25) is 18.2 Å². The number of anilines is 1. The summed E-state index contributed by atoms with van der Waals surface area (Å²) in [6.07, 6.45) is 1.29. The molecule has 0 spiro atoms. The van der Waals surface area contributed by atoms with Gasteiger partial charge in [-0.25, -0.2) is 13.8 Å². The van der Waals surface area contributed by atoms with Crippen LogP contribution in [0.4, 0.5) is 14.5 Å². The maximum absolute atomic E-state index is 13.1. The standard InChI is InChI=1S/C18H19F2N5O2/c1-16(4-6-22-14(16)26)15-25-24-12(27-15)11-10(3-2-5-21-11)23-18-7-17(8-18,9-18)13(19)20/h2-3,5,13,23H,4,6-9H2,1H3,(H,22,26). The lowest BCUT2D eigenvalue weighted by molar-refractivity contribution is -0.204. The Morgan fingerprint density at radius 3 is 2.74 bits per heavy atom. The Balaban J connectivity index is 1.41. The van der Waals surface area contributed by atoms with Gasteiger partial charge in [0.1, 0.15) is 5.41 Å². The first-order valence-corrected chi connectivity index (χ1v) is 9.00. The Morgan fingerprint density at radius 1 is 1.30 bits per heavy atom. The summed E-state index contributed by atoms with van der Waals surface area (Å²) in [6.45, 7) is 2.34. The van der Waals surface area contributed by atoms with Crippen molar-refractivity contribution in [2.45, 2.75) is 50.0 Å². The van der Waals surface area contributed by atoms with Gasteiger partial charge in [-0.05, 0) is 44.7 Å². The Labute approximate surface area is 153 Å². The Morgan fingerprint density at radius 2 is 2.07 bits per heavy atom. The Bertz CT molecular complexity index is 910. The van der Waals surface area contributed by atoms with Gasteiger partial charge in [-0.15, -0.1) is 10.2 Å². The number of hydrogen-bond donors (Lipinski definition) is 2. The fourth-order valence-corrected chi connectivity index (χ4v) is 4.67. The molecule has 4 aliphatic rings. The molecule has 1 unspecified atom stereocenters. The molecular formula is C18H19F2N5O2. The van der Waals surface area contributed by atoms with Gasteiger partial charge in [0.15, 0.2) is 5.69 Å². The quantitative estimate of drug-likeness (QED) is 0.834. The highest BCUT2D eigenvalue weighted by Crippen LogP contribution is 2.70. The molecule has 27 heavy (non-hydrogen) atoms. The third-order valence-electron chi connectivity index (χ3n) is 6.25. The lowest BCUT2D eigenvalue weighted by atomic mass is 9.39. The van der Waals surface area contributed by atoms with Crippen LogP contribution in [0.1, 0.15) is 38.5 Å². The van der Waals surface area contributed by atoms with Crippen molar-refractivity contribution in [1.82, 2.24) is 20.5 Å². The van der Waals surface area contributed by atoms with Gasteiger partial charge in [-0.1, -0.05) is 0 Å². The number of amides is 1. The molecule has 2 aromatic heterocycles.